The molecule has 4 aromatic rings. The molecule has 35 heavy (non-hydrogen) atoms. The smallest absolute Gasteiger partial charge is 0.252 e. The fourth-order valence-corrected chi connectivity index (χ4v) is 4.60. The van der Waals surface area contributed by atoms with Crippen LogP contribution in [0.25, 0.3) is 10.9 Å². The molecular weight excluding hydrogens is 436 g/mol. The van der Waals surface area contributed by atoms with E-state index in [1.54, 1.807) is 0 Å². The Hall–Kier alpha value is -3.32. The molecule has 0 aliphatic rings. The SMILES string of the molecule is CC[C@@H](c1nnnn1C(C)(C)C)N(CCc1ccccc1)Cc1cc2cc(C)c(C)cc2[nH]c1=O. The summed E-state index contributed by atoms with van der Waals surface area (Å²) in [4.78, 5) is 18.6. The predicted molar refractivity (Wildman–Crippen MR) is 140 cm³/mol. The highest BCUT2D eigenvalue weighted by Gasteiger charge is 2.29. The number of hydrogen-bond acceptors (Lipinski definition) is 5. The minimum Gasteiger partial charge on any atom is -0.322 e. The number of tetrazole rings is 1. The average Bonchev–Trinajstić information content (AvgIpc) is 3.30. The van der Waals surface area contributed by atoms with Gasteiger partial charge in [0.2, 0.25) is 0 Å². The molecular formula is C28H36N6O. The lowest BCUT2D eigenvalue weighted by Gasteiger charge is -2.32. The number of H-pyrrole nitrogens is 1. The van der Waals surface area contributed by atoms with Crippen molar-refractivity contribution in [3.8, 4) is 0 Å². The number of pyridine rings is 1. The molecule has 0 aliphatic heterocycles. The molecule has 2 aromatic heterocycles. The zero-order valence-electron chi connectivity index (χ0n) is 21.7. The van der Waals surface area contributed by atoms with Gasteiger partial charge in [0.05, 0.1) is 11.6 Å². The summed E-state index contributed by atoms with van der Waals surface area (Å²) in [6.45, 7) is 13.9. The van der Waals surface area contributed by atoms with Gasteiger partial charge in [-0.05, 0) is 98.2 Å². The summed E-state index contributed by atoms with van der Waals surface area (Å²) in [6.07, 6.45) is 1.70. The first kappa shape index (κ1) is 24.8. The van der Waals surface area contributed by atoms with Gasteiger partial charge in [0.15, 0.2) is 5.82 Å². The lowest BCUT2D eigenvalue weighted by molar-refractivity contribution is 0.163. The van der Waals surface area contributed by atoms with Crippen molar-refractivity contribution in [3.63, 3.8) is 0 Å². The molecule has 1 atom stereocenters. The number of aromatic nitrogens is 5. The Morgan fingerprint density at radius 3 is 2.46 bits per heavy atom. The second-order valence-electron chi connectivity index (χ2n) is 10.4. The zero-order valence-corrected chi connectivity index (χ0v) is 21.7. The van der Waals surface area contributed by atoms with Gasteiger partial charge in [-0.25, -0.2) is 4.68 Å². The van der Waals surface area contributed by atoms with Gasteiger partial charge in [0.25, 0.3) is 5.56 Å². The maximum atomic E-state index is 13.1. The molecule has 0 unspecified atom stereocenters. The number of aromatic amines is 1. The van der Waals surface area contributed by atoms with Crippen molar-refractivity contribution in [1.82, 2.24) is 30.1 Å². The number of rotatable bonds is 8. The average molecular weight is 473 g/mol. The van der Waals surface area contributed by atoms with Gasteiger partial charge in [0, 0.05) is 24.2 Å². The highest BCUT2D eigenvalue weighted by Crippen LogP contribution is 2.28. The Labute approximate surface area is 207 Å². The third-order valence-corrected chi connectivity index (χ3v) is 6.69. The summed E-state index contributed by atoms with van der Waals surface area (Å²) in [6, 6.07) is 16.7. The van der Waals surface area contributed by atoms with Crippen LogP contribution in [0.4, 0.5) is 0 Å². The Bertz CT molecular complexity index is 1350. The van der Waals surface area contributed by atoms with Crippen molar-refractivity contribution in [2.45, 2.75) is 72.5 Å². The highest BCUT2D eigenvalue weighted by molar-refractivity contribution is 5.80. The van der Waals surface area contributed by atoms with Crippen LogP contribution < -0.4 is 5.56 Å². The van der Waals surface area contributed by atoms with Crippen LogP contribution in [0.1, 0.15) is 68.2 Å². The molecule has 184 valence electrons. The summed E-state index contributed by atoms with van der Waals surface area (Å²) in [5.41, 5.74) is 4.99. The molecule has 2 heterocycles. The third kappa shape index (κ3) is 5.51. The largest absolute Gasteiger partial charge is 0.322 e. The maximum absolute atomic E-state index is 13.1. The topological polar surface area (TPSA) is 79.7 Å². The van der Waals surface area contributed by atoms with Gasteiger partial charge in [-0.15, -0.1) is 5.10 Å². The first-order valence-corrected chi connectivity index (χ1v) is 12.4. The van der Waals surface area contributed by atoms with Gasteiger partial charge >= 0.3 is 0 Å². The van der Waals surface area contributed by atoms with E-state index >= 15 is 0 Å². The maximum Gasteiger partial charge on any atom is 0.252 e. The van der Waals surface area contributed by atoms with Crippen molar-refractivity contribution in [1.29, 1.82) is 0 Å². The van der Waals surface area contributed by atoms with Crippen LogP contribution in [0.2, 0.25) is 0 Å². The van der Waals surface area contributed by atoms with Crippen LogP contribution in [-0.4, -0.2) is 36.6 Å². The highest BCUT2D eigenvalue weighted by atomic mass is 16.1. The van der Waals surface area contributed by atoms with Crippen LogP contribution in [0, 0.1) is 13.8 Å². The molecule has 4 rings (SSSR count). The number of fused-ring (bicyclic) bond motifs is 1. The van der Waals surface area contributed by atoms with E-state index in [4.69, 9.17) is 0 Å². The van der Waals surface area contributed by atoms with Gasteiger partial charge in [-0.2, -0.15) is 0 Å². The van der Waals surface area contributed by atoms with E-state index in [9.17, 15) is 4.79 Å². The fourth-order valence-electron chi connectivity index (χ4n) is 4.60. The van der Waals surface area contributed by atoms with E-state index < -0.39 is 0 Å². The van der Waals surface area contributed by atoms with E-state index in [1.165, 1.54) is 16.7 Å². The third-order valence-electron chi connectivity index (χ3n) is 6.69. The second kappa shape index (κ2) is 10.1. The van der Waals surface area contributed by atoms with E-state index in [0.717, 1.165) is 41.7 Å². The lowest BCUT2D eigenvalue weighted by atomic mass is 10.0. The van der Waals surface area contributed by atoms with E-state index in [-0.39, 0.29) is 17.1 Å². The quantitative estimate of drug-likeness (QED) is 0.387. The Morgan fingerprint density at radius 2 is 1.77 bits per heavy atom. The summed E-state index contributed by atoms with van der Waals surface area (Å²) in [5, 5.41) is 13.8. The van der Waals surface area contributed by atoms with Crippen LogP contribution in [0.3, 0.4) is 0 Å². The Morgan fingerprint density at radius 1 is 1.06 bits per heavy atom. The molecule has 2 aromatic carbocycles. The minimum atomic E-state index is -0.243. The van der Waals surface area contributed by atoms with Crippen LogP contribution >= 0.6 is 0 Å². The zero-order chi connectivity index (χ0) is 25.2. The second-order valence-corrected chi connectivity index (χ2v) is 10.4. The standard InChI is InChI=1S/C28H36N6O/c1-7-25(26-30-31-32-34(26)28(4,5)6)33(14-13-21-11-9-8-10-12-21)18-23-17-22-15-19(2)20(3)16-24(22)29-27(23)35/h8-12,15-17,25H,7,13-14,18H2,1-6H3,(H,29,35)/t25-/m0/s1. The van der Waals surface area contributed by atoms with E-state index in [0.29, 0.717) is 6.54 Å². The summed E-state index contributed by atoms with van der Waals surface area (Å²) in [7, 11) is 0. The molecule has 0 spiro atoms. The number of nitrogens with zero attached hydrogens (tertiary/aromatic N) is 5. The van der Waals surface area contributed by atoms with Crippen LogP contribution in [0.15, 0.2) is 53.3 Å². The number of nitrogens with one attached hydrogen (secondary N) is 1. The molecule has 7 heteroatoms. The van der Waals surface area contributed by atoms with Gasteiger partial charge < -0.3 is 4.98 Å². The van der Waals surface area contributed by atoms with Crippen molar-refractivity contribution >= 4 is 10.9 Å². The molecule has 0 fully saturated rings. The summed E-state index contributed by atoms with van der Waals surface area (Å²) in [5.74, 6) is 0.830. The van der Waals surface area contributed by atoms with E-state index in [2.05, 4.69) is 103 Å². The molecule has 0 saturated carbocycles. The summed E-state index contributed by atoms with van der Waals surface area (Å²) >= 11 is 0. The predicted octanol–water partition coefficient (Wildman–Crippen LogP) is 5.08. The first-order chi connectivity index (χ1) is 16.7. The first-order valence-electron chi connectivity index (χ1n) is 12.4. The molecule has 0 amide bonds. The van der Waals surface area contributed by atoms with Crippen molar-refractivity contribution < 1.29 is 0 Å². The van der Waals surface area contributed by atoms with E-state index in [1.807, 2.05) is 16.8 Å². The van der Waals surface area contributed by atoms with Crippen LogP contribution in [-0.2, 0) is 18.5 Å². The van der Waals surface area contributed by atoms with Crippen molar-refractivity contribution in [2.24, 2.45) is 0 Å². The van der Waals surface area contributed by atoms with Gasteiger partial charge in [0.1, 0.15) is 0 Å². The Kier molecular flexibility index (Phi) is 7.17. The molecule has 0 aliphatic carbocycles. The number of hydrogen-bond donors (Lipinski definition) is 1. The van der Waals surface area contributed by atoms with Gasteiger partial charge in [-0.1, -0.05) is 37.3 Å². The minimum absolute atomic E-state index is 0.0252. The molecule has 1 N–H and O–H groups in total. The van der Waals surface area contributed by atoms with Crippen molar-refractivity contribution in [3.05, 3.63) is 87.0 Å². The normalized spacial score (nSPS) is 13.0. The van der Waals surface area contributed by atoms with Crippen molar-refractivity contribution in [2.75, 3.05) is 6.54 Å². The summed E-state index contributed by atoms with van der Waals surface area (Å²) < 4.78 is 1.91. The fraction of sp³-hybridized carbons (Fsp3) is 0.429. The molecule has 7 nitrogen and oxygen atoms in total. The Balaban J connectivity index is 1.73. The molecule has 0 bridgehead atoms. The molecule has 0 saturated heterocycles. The number of aryl methyl sites for hydroxylation is 2. The molecule has 0 radical (unpaired) electrons. The monoisotopic (exact) mass is 472 g/mol. The lowest BCUT2D eigenvalue weighted by Crippen LogP contribution is -2.36. The van der Waals surface area contributed by atoms with Crippen LogP contribution in [0.5, 0.6) is 0 Å². The number of benzene rings is 2. The van der Waals surface area contributed by atoms with Gasteiger partial charge in [-0.3, -0.25) is 9.69 Å².